The van der Waals surface area contributed by atoms with Crippen molar-refractivity contribution in [3.05, 3.63) is 33.3 Å². The minimum atomic E-state index is 0.166. The van der Waals surface area contributed by atoms with Gasteiger partial charge >= 0.3 is 0 Å². The van der Waals surface area contributed by atoms with Crippen molar-refractivity contribution in [2.45, 2.75) is 19.4 Å². The molecule has 1 aromatic rings. The van der Waals surface area contributed by atoms with Gasteiger partial charge in [-0.1, -0.05) is 27.5 Å². The Balaban J connectivity index is 2.90. The molecule has 0 saturated carbocycles. The summed E-state index contributed by atoms with van der Waals surface area (Å²) in [4.78, 5) is 0. The molecule has 0 bridgehead atoms. The van der Waals surface area contributed by atoms with Gasteiger partial charge in [-0.3, -0.25) is 0 Å². The number of nitrogens with two attached hydrogens (primary N) is 1. The summed E-state index contributed by atoms with van der Waals surface area (Å²) in [7, 11) is 0. The predicted molar refractivity (Wildman–Crippen MR) is 56.5 cm³/mol. The molecule has 0 unspecified atom stereocenters. The minimum absolute atomic E-state index is 0.166. The standard InChI is InChI=1S/C9H11BrClN/c1-6(12)4-7-5-8(11)2-3-9(7)10/h2-3,5-6H,4,12H2,1H3/t6-/m0/s1. The Hall–Kier alpha value is -0.0500. The molecule has 0 radical (unpaired) electrons. The number of rotatable bonds is 2. The molecule has 0 aliphatic heterocycles. The fourth-order valence-corrected chi connectivity index (χ4v) is 1.65. The summed E-state index contributed by atoms with van der Waals surface area (Å²) < 4.78 is 1.07. The first-order chi connectivity index (χ1) is 5.59. The Morgan fingerprint density at radius 2 is 2.25 bits per heavy atom. The summed E-state index contributed by atoms with van der Waals surface area (Å²) in [6.07, 6.45) is 0.848. The van der Waals surface area contributed by atoms with Gasteiger partial charge in [-0.25, -0.2) is 0 Å². The number of hydrogen-bond acceptors (Lipinski definition) is 1. The molecule has 1 aromatic carbocycles. The van der Waals surface area contributed by atoms with Crippen LogP contribution in [0.15, 0.2) is 22.7 Å². The zero-order valence-electron chi connectivity index (χ0n) is 6.85. The van der Waals surface area contributed by atoms with E-state index < -0.39 is 0 Å². The highest BCUT2D eigenvalue weighted by molar-refractivity contribution is 9.10. The van der Waals surface area contributed by atoms with Gasteiger partial charge in [0.1, 0.15) is 0 Å². The Kier molecular flexibility index (Phi) is 3.56. The van der Waals surface area contributed by atoms with Crippen molar-refractivity contribution in [1.29, 1.82) is 0 Å². The number of halogens is 2. The van der Waals surface area contributed by atoms with Gasteiger partial charge in [0, 0.05) is 15.5 Å². The Morgan fingerprint density at radius 1 is 1.58 bits per heavy atom. The molecule has 1 atom stereocenters. The fraction of sp³-hybridized carbons (Fsp3) is 0.333. The van der Waals surface area contributed by atoms with Crippen molar-refractivity contribution in [2.24, 2.45) is 5.73 Å². The molecular weight excluding hydrogens is 237 g/mol. The monoisotopic (exact) mass is 247 g/mol. The van der Waals surface area contributed by atoms with Gasteiger partial charge in [0.2, 0.25) is 0 Å². The van der Waals surface area contributed by atoms with Crippen LogP contribution in [0, 0.1) is 0 Å². The lowest BCUT2D eigenvalue weighted by molar-refractivity contribution is 0.736. The van der Waals surface area contributed by atoms with Crippen LogP contribution in [0.3, 0.4) is 0 Å². The normalized spacial score (nSPS) is 13.0. The zero-order chi connectivity index (χ0) is 9.14. The van der Waals surface area contributed by atoms with Gasteiger partial charge in [-0.2, -0.15) is 0 Å². The molecule has 12 heavy (non-hydrogen) atoms. The third-order valence-corrected chi connectivity index (χ3v) is 2.56. The summed E-state index contributed by atoms with van der Waals surface area (Å²) in [5.74, 6) is 0. The molecule has 0 aliphatic rings. The van der Waals surface area contributed by atoms with Crippen LogP contribution in [0.2, 0.25) is 5.02 Å². The average Bonchev–Trinajstić information content (AvgIpc) is 1.96. The first-order valence-corrected chi connectivity index (χ1v) is 4.96. The highest BCUT2D eigenvalue weighted by Crippen LogP contribution is 2.21. The molecule has 0 aliphatic carbocycles. The van der Waals surface area contributed by atoms with Crippen LogP contribution in [0.25, 0.3) is 0 Å². The maximum absolute atomic E-state index is 5.84. The maximum atomic E-state index is 5.84. The second-order valence-electron chi connectivity index (χ2n) is 2.92. The quantitative estimate of drug-likeness (QED) is 0.855. The van der Waals surface area contributed by atoms with Crippen LogP contribution in [0.5, 0.6) is 0 Å². The lowest BCUT2D eigenvalue weighted by Gasteiger charge is -2.07. The largest absolute Gasteiger partial charge is 0.328 e. The first kappa shape index (κ1) is 10.0. The second kappa shape index (κ2) is 4.26. The van der Waals surface area contributed by atoms with Crippen LogP contribution in [-0.2, 0) is 6.42 Å². The summed E-state index contributed by atoms with van der Waals surface area (Å²) >= 11 is 9.28. The van der Waals surface area contributed by atoms with Crippen molar-refractivity contribution in [2.75, 3.05) is 0 Å². The lowest BCUT2D eigenvalue weighted by Crippen LogP contribution is -2.17. The molecule has 0 heterocycles. The Labute approximate surface area is 86.0 Å². The highest BCUT2D eigenvalue weighted by Gasteiger charge is 2.02. The summed E-state index contributed by atoms with van der Waals surface area (Å²) in [5, 5.41) is 0.758. The zero-order valence-corrected chi connectivity index (χ0v) is 9.19. The highest BCUT2D eigenvalue weighted by atomic mass is 79.9. The molecule has 0 spiro atoms. The fourth-order valence-electron chi connectivity index (χ4n) is 1.05. The molecule has 3 heteroatoms. The molecule has 66 valence electrons. The molecule has 0 fully saturated rings. The minimum Gasteiger partial charge on any atom is -0.328 e. The van der Waals surface area contributed by atoms with Crippen molar-refractivity contribution < 1.29 is 0 Å². The SMILES string of the molecule is C[C@H](N)Cc1cc(Cl)ccc1Br. The van der Waals surface area contributed by atoms with Gasteiger partial charge in [0.15, 0.2) is 0 Å². The van der Waals surface area contributed by atoms with E-state index in [0.29, 0.717) is 0 Å². The Bertz CT molecular complexity index is 273. The lowest BCUT2D eigenvalue weighted by atomic mass is 10.1. The molecule has 2 N–H and O–H groups in total. The molecule has 1 nitrogen and oxygen atoms in total. The summed E-state index contributed by atoms with van der Waals surface area (Å²) in [6, 6.07) is 5.91. The van der Waals surface area contributed by atoms with Crippen LogP contribution < -0.4 is 5.73 Å². The summed E-state index contributed by atoms with van der Waals surface area (Å²) in [6.45, 7) is 1.98. The molecule has 0 aromatic heterocycles. The number of hydrogen-bond donors (Lipinski definition) is 1. The van der Waals surface area contributed by atoms with Crippen LogP contribution >= 0.6 is 27.5 Å². The van der Waals surface area contributed by atoms with Crippen LogP contribution in [0.4, 0.5) is 0 Å². The molecule has 0 amide bonds. The van der Waals surface area contributed by atoms with Crippen LogP contribution in [-0.4, -0.2) is 6.04 Å². The number of benzene rings is 1. The van der Waals surface area contributed by atoms with Crippen molar-refractivity contribution in [1.82, 2.24) is 0 Å². The molecule has 0 saturated heterocycles. The Morgan fingerprint density at radius 3 is 2.83 bits per heavy atom. The van der Waals surface area contributed by atoms with E-state index in [1.807, 2.05) is 25.1 Å². The third-order valence-electron chi connectivity index (χ3n) is 1.55. The van der Waals surface area contributed by atoms with E-state index in [0.717, 1.165) is 21.5 Å². The van der Waals surface area contributed by atoms with Gasteiger partial charge < -0.3 is 5.73 Å². The maximum Gasteiger partial charge on any atom is 0.0409 e. The third kappa shape index (κ3) is 2.77. The van der Waals surface area contributed by atoms with E-state index in [1.54, 1.807) is 0 Å². The summed E-state index contributed by atoms with van der Waals surface area (Å²) in [5.41, 5.74) is 6.84. The van der Waals surface area contributed by atoms with Crippen molar-refractivity contribution in [3.8, 4) is 0 Å². The van der Waals surface area contributed by atoms with E-state index >= 15 is 0 Å². The van der Waals surface area contributed by atoms with E-state index in [2.05, 4.69) is 15.9 Å². The van der Waals surface area contributed by atoms with Crippen molar-refractivity contribution in [3.63, 3.8) is 0 Å². The van der Waals surface area contributed by atoms with Gasteiger partial charge in [0.25, 0.3) is 0 Å². The van der Waals surface area contributed by atoms with E-state index in [1.165, 1.54) is 0 Å². The first-order valence-electron chi connectivity index (χ1n) is 3.79. The van der Waals surface area contributed by atoms with Crippen LogP contribution in [0.1, 0.15) is 12.5 Å². The van der Waals surface area contributed by atoms with E-state index in [4.69, 9.17) is 17.3 Å². The van der Waals surface area contributed by atoms with E-state index in [9.17, 15) is 0 Å². The average molecular weight is 249 g/mol. The second-order valence-corrected chi connectivity index (χ2v) is 4.21. The molecule has 1 rings (SSSR count). The topological polar surface area (TPSA) is 26.0 Å². The van der Waals surface area contributed by atoms with Gasteiger partial charge in [0.05, 0.1) is 0 Å². The van der Waals surface area contributed by atoms with Gasteiger partial charge in [-0.15, -0.1) is 0 Å². The van der Waals surface area contributed by atoms with Gasteiger partial charge in [-0.05, 0) is 37.1 Å². The molecular formula is C9H11BrClN. The van der Waals surface area contributed by atoms with Crippen molar-refractivity contribution >= 4 is 27.5 Å². The predicted octanol–water partition coefficient (Wildman–Crippen LogP) is 2.99. The van der Waals surface area contributed by atoms with E-state index in [-0.39, 0.29) is 6.04 Å². The smallest absolute Gasteiger partial charge is 0.0409 e.